The Morgan fingerprint density at radius 3 is 2.73 bits per heavy atom. The zero-order valence-corrected chi connectivity index (χ0v) is 14.0. The number of unbranched alkanes of at least 4 members (excludes halogenated alkanes) is 1. The van der Waals surface area contributed by atoms with E-state index >= 15 is 0 Å². The van der Waals surface area contributed by atoms with Crippen molar-refractivity contribution < 1.29 is 4.79 Å². The Kier molecular flexibility index (Phi) is 6.87. The molecule has 0 aliphatic carbocycles. The Morgan fingerprint density at radius 1 is 1.27 bits per heavy atom. The zero-order chi connectivity index (χ0) is 15.8. The van der Waals surface area contributed by atoms with Crippen LogP contribution in [-0.2, 0) is 6.54 Å². The summed E-state index contributed by atoms with van der Waals surface area (Å²) in [6, 6.07) is 8.15. The van der Waals surface area contributed by atoms with Gasteiger partial charge in [-0.25, -0.2) is 0 Å². The van der Waals surface area contributed by atoms with E-state index in [0.717, 1.165) is 51.4 Å². The minimum atomic E-state index is 0.167. The van der Waals surface area contributed by atoms with Crippen LogP contribution in [0.2, 0.25) is 0 Å². The Hall–Kier alpha value is -1.39. The number of benzene rings is 1. The molecule has 0 radical (unpaired) electrons. The summed E-state index contributed by atoms with van der Waals surface area (Å²) in [5.41, 5.74) is 2.06. The molecule has 0 aromatic heterocycles. The van der Waals surface area contributed by atoms with Crippen LogP contribution in [0.4, 0.5) is 0 Å². The van der Waals surface area contributed by atoms with Crippen LogP contribution in [0.15, 0.2) is 24.3 Å². The minimum absolute atomic E-state index is 0.167. The number of rotatable bonds is 7. The highest BCUT2D eigenvalue weighted by molar-refractivity contribution is 5.94. The number of amides is 1. The molecule has 1 aliphatic rings. The normalized spacial score (nSPS) is 15.3. The highest BCUT2D eigenvalue weighted by Crippen LogP contribution is 2.12. The predicted octanol–water partition coefficient (Wildman–Crippen LogP) is 2.35. The number of hydrogen-bond acceptors (Lipinski definition) is 3. The van der Waals surface area contributed by atoms with Crippen LogP contribution in [0.3, 0.4) is 0 Å². The maximum atomic E-state index is 12.6. The number of hydrogen-bond donors (Lipinski definition) is 1. The molecule has 22 heavy (non-hydrogen) atoms. The van der Waals surface area contributed by atoms with Crippen LogP contribution >= 0.6 is 0 Å². The molecule has 1 fully saturated rings. The predicted molar refractivity (Wildman–Crippen MR) is 91.1 cm³/mol. The van der Waals surface area contributed by atoms with Crippen LogP contribution in [-0.4, -0.2) is 55.0 Å². The third-order valence-corrected chi connectivity index (χ3v) is 4.26. The number of carbonyl (C=O) groups is 1. The lowest BCUT2D eigenvalue weighted by molar-refractivity contribution is 0.0735. The van der Waals surface area contributed by atoms with E-state index in [1.165, 1.54) is 18.4 Å². The van der Waals surface area contributed by atoms with Gasteiger partial charge < -0.3 is 10.2 Å². The Bertz CT molecular complexity index is 469. The molecule has 0 bridgehead atoms. The molecule has 4 nitrogen and oxygen atoms in total. The van der Waals surface area contributed by atoms with Crippen LogP contribution < -0.4 is 5.32 Å². The fourth-order valence-corrected chi connectivity index (χ4v) is 2.84. The van der Waals surface area contributed by atoms with E-state index in [9.17, 15) is 4.79 Å². The average Bonchev–Trinajstić information content (AvgIpc) is 2.59. The fourth-order valence-electron chi connectivity index (χ4n) is 2.84. The molecule has 0 unspecified atom stereocenters. The first kappa shape index (κ1) is 17.0. The van der Waals surface area contributed by atoms with Gasteiger partial charge in [-0.2, -0.15) is 0 Å². The summed E-state index contributed by atoms with van der Waals surface area (Å²) in [6.07, 6.45) is 2.45. The highest BCUT2D eigenvalue weighted by Gasteiger charge is 2.18. The summed E-state index contributed by atoms with van der Waals surface area (Å²) in [5, 5.41) is 3.29. The molecule has 1 saturated heterocycles. The van der Waals surface area contributed by atoms with Gasteiger partial charge in [0.15, 0.2) is 0 Å². The van der Waals surface area contributed by atoms with Crippen molar-refractivity contribution in [2.45, 2.75) is 33.2 Å². The van der Waals surface area contributed by atoms with Crippen molar-refractivity contribution in [2.75, 3.05) is 39.3 Å². The van der Waals surface area contributed by atoms with E-state index in [1.54, 1.807) is 0 Å². The Labute approximate surface area is 134 Å². The van der Waals surface area contributed by atoms with Crippen molar-refractivity contribution in [2.24, 2.45) is 0 Å². The number of carbonyl (C=O) groups excluding carboxylic acids is 1. The van der Waals surface area contributed by atoms with Gasteiger partial charge in [0.05, 0.1) is 0 Å². The fraction of sp³-hybridized carbons (Fsp3) is 0.611. The monoisotopic (exact) mass is 303 g/mol. The van der Waals surface area contributed by atoms with Crippen LogP contribution in [0.1, 0.15) is 42.6 Å². The largest absolute Gasteiger partial charge is 0.336 e. The lowest BCUT2D eigenvalue weighted by Gasteiger charge is -2.27. The second kappa shape index (κ2) is 8.91. The van der Waals surface area contributed by atoms with Crippen LogP contribution in [0, 0.1) is 0 Å². The van der Waals surface area contributed by atoms with Gasteiger partial charge in [-0.3, -0.25) is 9.69 Å². The SMILES string of the molecule is CCCCN(CC)Cc1cccc(C(=O)N2CCNCC2)c1. The summed E-state index contributed by atoms with van der Waals surface area (Å²) in [4.78, 5) is 17.0. The number of piperazine rings is 1. The topological polar surface area (TPSA) is 35.6 Å². The lowest BCUT2D eigenvalue weighted by Crippen LogP contribution is -2.46. The molecule has 1 N–H and O–H groups in total. The maximum Gasteiger partial charge on any atom is 0.253 e. The van der Waals surface area contributed by atoms with E-state index in [0.29, 0.717) is 0 Å². The molecule has 0 atom stereocenters. The number of nitrogens with zero attached hydrogens (tertiary/aromatic N) is 2. The maximum absolute atomic E-state index is 12.6. The van der Waals surface area contributed by atoms with E-state index in [1.807, 2.05) is 17.0 Å². The standard InChI is InChI=1S/C18H29N3O/c1-3-5-11-20(4-2)15-16-7-6-8-17(14-16)18(22)21-12-9-19-10-13-21/h6-8,14,19H,3-5,9-13,15H2,1-2H3. The number of nitrogens with one attached hydrogen (secondary N) is 1. The molecule has 0 spiro atoms. The zero-order valence-electron chi connectivity index (χ0n) is 14.0. The van der Waals surface area contributed by atoms with Crippen molar-refractivity contribution >= 4 is 5.91 Å². The molecule has 4 heteroatoms. The van der Waals surface area contributed by atoms with Gasteiger partial charge in [-0.15, -0.1) is 0 Å². The molecule has 122 valence electrons. The van der Waals surface area contributed by atoms with Gasteiger partial charge in [-0.05, 0) is 37.2 Å². The molecule has 1 heterocycles. The van der Waals surface area contributed by atoms with E-state index < -0.39 is 0 Å². The molecular weight excluding hydrogens is 274 g/mol. The van der Waals surface area contributed by atoms with Crippen molar-refractivity contribution in [1.82, 2.24) is 15.1 Å². The first-order chi connectivity index (χ1) is 10.7. The lowest BCUT2D eigenvalue weighted by atomic mass is 10.1. The molecular formula is C18H29N3O. The van der Waals surface area contributed by atoms with Crippen molar-refractivity contribution in [3.63, 3.8) is 0 Å². The second-order valence-corrected chi connectivity index (χ2v) is 5.96. The molecule has 2 rings (SSSR count). The Morgan fingerprint density at radius 2 is 2.05 bits per heavy atom. The molecule has 1 amide bonds. The third-order valence-electron chi connectivity index (χ3n) is 4.26. The van der Waals surface area contributed by atoms with Gasteiger partial charge in [0, 0.05) is 38.3 Å². The van der Waals surface area contributed by atoms with Gasteiger partial charge in [0.2, 0.25) is 0 Å². The first-order valence-corrected chi connectivity index (χ1v) is 8.56. The van der Waals surface area contributed by atoms with E-state index in [-0.39, 0.29) is 5.91 Å². The van der Waals surface area contributed by atoms with E-state index in [2.05, 4.69) is 36.2 Å². The summed E-state index contributed by atoms with van der Waals surface area (Å²) in [7, 11) is 0. The molecule has 0 saturated carbocycles. The second-order valence-electron chi connectivity index (χ2n) is 5.96. The highest BCUT2D eigenvalue weighted by atomic mass is 16.2. The first-order valence-electron chi connectivity index (χ1n) is 8.56. The summed E-state index contributed by atoms with van der Waals surface area (Å²) in [5.74, 6) is 0.167. The summed E-state index contributed by atoms with van der Waals surface area (Å²) < 4.78 is 0. The molecule has 1 aliphatic heterocycles. The molecule has 1 aromatic rings. The van der Waals surface area contributed by atoms with E-state index in [4.69, 9.17) is 0 Å². The molecule has 1 aromatic carbocycles. The quantitative estimate of drug-likeness (QED) is 0.840. The van der Waals surface area contributed by atoms with Crippen LogP contribution in [0.25, 0.3) is 0 Å². The smallest absolute Gasteiger partial charge is 0.253 e. The van der Waals surface area contributed by atoms with Crippen molar-refractivity contribution in [1.29, 1.82) is 0 Å². The van der Waals surface area contributed by atoms with Crippen LogP contribution in [0.5, 0.6) is 0 Å². The summed E-state index contributed by atoms with van der Waals surface area (Å²) >= 11 is 0. The minimum Gasteiger partial charge on any atom is -0.336 e. The van der Waals surface area contributed by atoms with Gasteiger partial charge >= 0.3 is 0 Å². The van der Waals surface area contributed by atoms with Gasteiger partial charge in [-0.1, -0.05) is 32.4 Å². The third kappa shape index (κ3) is 4.82. The van der Waals surface area contributed by atoms with Gasteiger partial charge in [0.1, 0.15) is 0 Å². The summed E-state index contributed by atoms with van der Waals surface area (Å²) in [6.45, 7) is 10.9. The Balaban J connectivity index is 2.00. The van der Waals surface area contributed by atoms with Gasteiger partial charge in [0.25, 0.3) is 5.91 Å². The van der Waals surface area contributed by atoms with Crippen molar-refractivity contribution in [3.05, 3.63) is 35.4 Å². The van der Waals surface area contributed by atoms with Crippen molar-refractivity contribution in [3.8, 4) is 0 Å². The average molecular weight is 303 g/mol.